The van der Waals surface area contributed by atoms with Gasteiger partial charge in [0, 0.05) is 0 Å². The van der Waals surface area contributed by atoms with Crippen molar-refractivity contribution >= 4 is 15.2 Å². The van der Waals surface area contributed by atoms with Crippen molar-refractivity contribution in [3.05, 3.63) is 0 Å². The zero-order valence-electron chi connectivity index (χ0n) is 7.83. The molecule has 0 rings (SSSR count). The van der Waals surface area contributed by atoms with Crippen molar-refractivity contribution in [3.8, 4) is 0 Å². The van der Waals surface area contributed by atoms with E-state index >= 15 is 0 Å². The highest BCUT2D eigenvalue weighted by atomic mass is 32.2. The van der Waals surface area contributed by atoms with E-state index in [1.54, 1.807) is 0 Å². The molecule has 0 saturated heterocycles. The van der Waals surface area contributed by atoms with E-state index < -0.39 is 46.3 Å². The first-order chi connectivity index (χ1) is 7.12. The largest absolute Gasteiger partial charge is 0.394 e. The maximum Gasteiger partial charge on any atom is 0.331 e. The lowest BCUT2D eigenvalue weighted by atomic mass is 10.0. The molecule has 16 heavy (non-hydrogen) atoms. The highest BCUT2D eigenvalue weighted by Crippen LogP contribution is 2.08. The maximum absolute atomic E-state index is 10.7. The van der Waals surface area contributed by atoms with Crippen LogP contribution >= 0.6 is 0 Å². The molecule has 0 bridgehead atoms. The average molecular weight is 260 g/mol. The molecule has 0 spiro atoms. The Labute approximate surface area is 90.3 Å². The van der Waals surface area contributed by atoms with Gasteiger partial charge < -0.3 is 25.5 Å². The number of hydrogen-bond donors (Lipinski definition) is 6. The third-order valence-corrected chi connectivity index (χ3v) is 2.50. The quantitative estimate of drug-likeness (QED) is 0.268. The van der Waals surface area contributed by atoms with E-state index in [-0.39, 0.29) is 0 Å². The fourth-order valence-corrected chi connectivity index (χ4v) is 1.26. The minimum Gasteiger partial charge on any atom is -0.394 e. The molecule has 0 aliphatic heterocycles. The van der Waals surface area contributed by atoms with E-state index in [9.17, 15) is 13.2 Å². The van der Waals surface area contributed by atoms with Gasteiger partial charge in [0.1, 0.15) is 18.3 Å². The van der Waals surface area contributed by atoms with Gasteiger partial charge in [-0.3, -0.25) is 9.35 Å². The molecule has 9 nitrogen and oxygen atoms in total. The SMILES string of the molecule is O=C([C@H](O)[C@@H](O)[C@H](O)[C@H](O)CO)S(=O)(=O)O. The topological polar surface area (TPSA) is 173 Å². The molecule has 0 saturated carbocycles. The van der Waals surface area contributed by atoms with Crippen LogP contribution < -0.4 is 0 Å². The van der Waals surface area contributed by atoms with Crippen LogP contribution in [0.3, 0.4) is 0 Å². The van der Waals surface area contributed by atoms with Crippen LogP contribution in [0, 0.1) is 0 Å². The Hall–Kier alpha value is -0.620. The van der Waals surface area contributed by atoms with E-state index in [1.807, 2.05) is 0 Å². The molecule has 0 aliphatic carbocycles. The normalized spacial score (nSPS) is 19.9. The molecule has 0 aromatic heterocycles. The highest BCUT2D eigenvalue weighted by molar-refractivity contribution is 8.01. The van der Waals surface area contributed by atoms with Gasteiger partial charge in [-0.25, -0.2) is 0 Å². The lowest BCUT2D eigenvalue weighted by molar-refractivity contribution is -0.140. The summed E-state index contributed by atoms with van der Waals surface area (Å²) in [4.78, 5) is 10.7. The molecule has 0 amide bonds. The number of carbonyl (C=O) groups is 1. The van der Waals surface area contributed by atoms with Gasteiger partial charge in [0.15, 0.2) is 6.10 Å². The van der Waals surface area contributed by atoms with Crippen LogP contribution in [0.4, 0.5) is 0 Å². The van der Waals surface area contributed by atoms with E-state index in [0.29, 0.717) is 0 Å². The molecule has 0 aliphatic rings. The number of aliphatic hydroxyl groups excluding tert-OH is 5. The fraction of sp³-hybridized carbons (Fsp3) is 0.833. The molecular weight excluding hydrogens is 248 g/mol. The average Bonchev–Trinajstić information content (AvgIpc) is 2.22. The minimum absolute atomic E-state index is 0.981. The summed E-state index contributed by atoms with van der Waals surface area (Å²) in [5, 5.41) is 42.1. The molecule has 4 atom stereocenters. The second kappa shape index (κ2) is 5.63. The van der Waals surface area contributed by atoms with Gasteiger partial charge in [0.05, 0.1) is 6.61 Å². The Kier molecular flexibility index (Phi) is 5.41. The van der Waals surface area contributed by atoms with Crippen LogP contribution in [0.5, 0.6) is 0 Å². The van der Waals surface area contributed by atoms with E-state index in [1.165, 1.54) is 0 Å². The zero-order chi connectivity index (χ0) is 13.1. The third-order valence-electron chi connectivity index (χ3n) is 1.75. The van der Waals surface area contributed by atoms with Crippen molar-refractivity contribution in [3.63, 3.8) is 0 Å². The van der Waals surface area contributed by atoms with Gasteiger partial charge in [0.25, 0.3) is 0 Å². The van der Waals surface area contributed by atoms with Crippen LogP contribution in [0.2, 0.25) is 0 Å². The summed E-state index contributed by atoms with van der Waals surface area (Å²) in [5.41, 5.74) is 0. The van der Waals surface area contributed by atoms with Crippen LogP contribution in [0.15, 0.2) is 0 Å². The molecule has 0 radical (unpaired) electrons. The van der Waals surface area contributed by atoms with Crippen molar-refractivity contribution in [1.29, 1.82) is 0 Å². The lowest BCUT2D eigenvalue weighted by Gasteiger charge is -2.23. The first-order valence-electron chi connectivity index (χ1n) is 3.97. The van der Waals surface area contributed by atoms with Crippen molar-refractivity contribution < 1.29 is 43.3 Å². The monoisotopic (exact) mass is 260 g/mol. The van der Waals surface area contributed by atoms with Crippen LogP contribution in [0.1, 0.15) is 0 Å². The van der Waals surface area contributed by atoms with Crippen LogP contribution in [-0.2, 0) is 14.9 Å². The number of rotatable bonds is 5. The second-order valence-electron chi connectivity index (χ2n) is 2.97. The fourth-order valence-electron chi connectivity index (χ4n) is 0.814. The van der Waals surface area contributed by atoms with Gasteiger partial charge in [-0.05, 0) is 0 Å². The van der Waals surface area contributed by atoms with Crippen molar-refractivity contribution in [2.75, 3.05) is 6.61 Å². The summed E-state index contributed by atoms with van der Waals surface area (Å²) in [7, 11) is -5.22. The molecular formula is C6H12O9S. The first-order valence-corrected chi connectivity index (χ1v) is 5.41. The third kappa shape index (κ3) is 3.75. The zero-order valence-corrected chi connectivity index (χ0v) is 8.65. The van der Waals surface area contributed by atoms with Gasteiger partial charge in [-0.15, -0.1) is 0 Å². The van der Waals surface area contributed by atoms with Gasteiger partial charge in [0.2, 0.25) is 0 Å². The highest BCUT2D eigenvalue weighted by Gasteiger charge is 2.38. The molecule has 6 N–H and O–H groups in total. The van der Waals surface area contributed by atoms with Gasteiger partial charge in [-0.2, -0.15) is 8.42 Å². The number of aliphatic hydroxyl groups is 5. The Bertz CT molecular complexity index is 336. The van der Waals surface area contributed by atoms with Crippen LogP contribution in [-0.4, -0.2) is 74.6 Å². The van der Waals surface area contributed by atoms with Crippen molar-refractivity contribution in [1.82, 2.24) is 0 Å². The lowest BCUT2D eigenvalue weighted by Crippen LogP contribution is -2.50. The summed E-state index contributed by atoms with van der Waals surface area (Å²) < 4.78 is 28.8. The number of hydrogen-bond acceptors (Lipinski definition) is 8. The second-order valence-corrected chi connectivity index (χ2v) is 4.32. The summed E-state index contributed by atoms with van der Waals surface area (Å²) in [6, 6.07) is 0. The van der Waals surface area contributed by atoms with Crippen LogP contribution in [0.25, 0.3) is 0 Å². The minimum atomic E-state index is -5.22. The first kappa shape index (κ1) is 15.4. The Morgan fingerprint density at radius 3 is 1.81 bits per heavy atom. The van der Waals surface area contributed by atoms with Gasteiger partial charge >= 0.3 is 15.2 Å². The van der Waals surface area contributed by atoms with E-state index in [2.05, 4.69) is 0 Å². The van der Waals surface area contributed by atoms with Crippen molar-refractivity contribution in [2.24, 2.45) is 0 Å². The Morgan fingerprint density at radius 2 is 1.50 bits per heavy atom. The maximum atomic E-state index is 10.7. The smallest absolute Gasteiger partial charge is 0.331 e. The molecule has 0 aromatic rings. The Balaban J connectivity index is 4.75. The molecule has 0 heterocycles. The van der Waals surface area contributed by atoms with E-state index in [0.717, 1.165) is 0 Å². The van der Waals surface area contributed by atoms with Gasteiger partial charge in [-0.1, -0.05) is 0 Å². The predicted molar refractivity (Wildman–Crippen MR) is 47.7 cm³/mol. The standard InChI is InChI=1S/C6H12O9S/c7-1-2(8)3(9)4(10)5(11)6(12)16(13,14)15/h2-5,7-11H,1H2,(H,13,14,15)/t2-,3-,4+,5-/m1/s1. The molecule has 0 unspecified atom stereocenters. The molecule has 0 aromatic carbocycles. The summed E-state index contributed by atoms with van der Waals surface area (Å²) in [6.07, 6.45) is -9.02. The van der Waals surface area contributed by atoms with E-state index in [4.69, 9.17) is 30.1 Å². The summed E-state index contributed by atoms with van der Waals surface area (Å²) in [6.45, 7) is -0.981. The number of carbonyl (C=O) groups excluding carboxylic acids is 1. The van der Waals surface area contributed by atoms with Crippen molar-refractivity contribution in [2.45, 2.75) is 24.4 Å². The summed E-state index contributed by atoms with van der Waals surface area (Å²) in [5.74, 6) is 0. The predicted octanol–water partition coefficient (Wildman–Crippen LogP) is -4.16. The Morgan fingerprint density at radius 1 is 1.06 bits per heavy atom. The molecule has 10 heteroatoms. The summed E-state index contributed by atoms with van der Waals surface area (Å²) >= 11 is 0. The molecule has 96 valence electrons. The molecule has 0 fully saturated rings.